The van der Waals surface area contributed by atoms with Gasteiger partial charge in [0.2, 0.25) is 11.8 Å². The van der Waals surface area contributed by atoms with Crippen LogP contribution in [-0.2, 0) is 9.59 Å². The van der Waals surface area contributed by atoms with Crippen LogP contribution in [0, 0.1) is 5.92 Å². The van der Waals surface area contributed by atoms with Gasteiger partial charge < -0.3 is 15.7 Å². The number of carbonyl (C=O) groups excluding carboxylic acids is 2. The van der Waals surface area contributed by atoms with E-state index >= 15 is 0 Å². The topological polar surface area (TPSA) is 78.4 Å². The maximum absolute atomic E-state index is 11.9. The summed E-state index contributed by atoms with van der Waals surface area (Å²) in [6.45, 7) is 2.59. The van der Waals surface area contributed by atoms with Gasteiger partial charge in [0.05, 0.1) is 6.10 Å². The molecule has 5 nitrogen and oxygen atoms in total. The lowest BCUT2D eigenvalue weighted by molar-refractivity contribution is -0.135. The third-order valence-electron chi connectivity index (χ3n) is 3.39. The van der Waals surface area contributed by atoms with Gasteiger partial charge in [-0.15, -0.1) is 0 Å². The molecule has 3 atom stereocenters. The van der Waals surface area contributed by atoms with Crippen molar-refractivity contribution in [2.45, 2.75) is 18.9 Å². The molecule has 19 heavy (non-hydrogen) atoms. The molecular weight excluding hydrogens is 244 g/mol. The normalized spacial score (nSPS) is 23.8. The number of nitrogens with one attached hydrogen (secondary N) is 2. The first kappa shape index (κ1) is 13.5. The lowest BCUT2D eigenvalue weighted by Gasteiger charge is -2.16. The van der Waals surface area contributed by atoms with E-state index in [9.17, 15) is 14.7 Å². The Bertz CT molecular complexity index is 461. The predicted octanol–water partition coefficient (Wildman–Crippen LogP) is 0.0132. The molecule has 3 unspecified atom stereocenters. The Hall–Kier alpha value is -1.88. The van der Waals surface area contributed by atoms with Crippen molar-refractivity contribution in [3.05, 3.63) is 35.9 Å². The van der Waals surface area contributed by atoms with E-state index in [0.717, 1.165) is 5.56 Å². The predicted molar refractivity (Wildman–Crippen MR) is 70.4 cm³/mol. The molecule has 102 valence electrons. The van der Waals surface area contributed by atoms with Gasteiger partial charge in [0, 0.05) is 13.1 Å². The first-order valence-electron chi connectivity index (χ1n) is 6.38. The van der Waals surface area contributed by atoms with Crippen LogP contribution in [0.2, 0.25) is 0 Å². The van der Waals surface area contributed by atoms with Crippen molar-refractivity contribution in [3.8, 4) is 0 Å². The molecular formula is C14H18N2O3. The van der Waals surface area contributed by atoms with Crippen LogP contribution in [-0.4, -0.2) is 36.1 Å². The van der Waals surface area contributed by atoms with Crippen molar-refractivity contribution in [3.63, 3.8) is 0 Å². The standard InChI is InChI=1S/C14H18N2O3/c1-9(10-5-3-2-4-6-10)7-15-13(18)12-11(17)8-16-14(12)19/h2-6,9,11-12,17H,7-8H2,1H3,(H,15,18)(H,16,19). The van der Waals surface area contributed by atoms with Gasteiger partial charge in [0.15, 0.2) is 0 Å². The Balaban J connectivity index is 1.89. The number of amides is 2. The van der Waals surface area contributed by atoms with Crippen molar-refractivity contribution in [2.75, 3.05) is 13.1 Å². The summed E-state index contributed by atoms with van der Waals surface area (Å²) in [6.07, 6.45) is -0.931. The van der Waals surface area contributed by atoms with Gasteiger partial charge in [0.1, 0.15) is 5.92 Å². The third-order valence-corrected chi connectivity index (χ3v) is 3.39. The van der Waals surface area contributed by atoms with Gasteiger partial charge >= 0.3 is 0 Å². The number of aliphatic hydroxyl groups excluding tert-OH is 1. The van der Waals surface area contributed by atoms with Crippen molar-refractivity contribution in [1.82, 2.24) is 10.6 Å². The first-order chi connectivity index (χ1) is 9.09. The fourth-order valence-corrected chi connectivity index (χ4v) is 2.16. The molecule has 2 rings (SSSR count). The van der Waals surface area contributed by atoms with Crippen LogP contribution in [0.4, 0.5) is 0 Å². The highest BCUT2D eigenvalue weighted by Gasteiger charge is 2.38. The summed E-state index contributed by atoms with van der Waals surface area (Å²) in [6, 6.07) is 9.82. The molecule has 5 heteroatoms. The largest absolute Gasteiger partial charge is 0.390 e. The Morgan fingerprint density at radius 2 is 2.16 bits per heavy atom. The summed E-state index contributed by atoms with van der Waals surface area (Å²) >= 11 is 0. The van der Waals surface area contributed by atoms with E-state index in [1.807, 2.05) is 37.3 Å². The lowest BCUT2D eigenvalue weighted by atomic mass is 10.00. The zero-order chi connectivity index (χ0) is 13.8. The number of carbonyl (C=O) groups is 2. The summed E-state index contributed by atoms with van der Waals surface area (Å²) in [7, 11) is 0. The number of β-amino-alcohol motifs (C(OH)–C–C–N with tert-alkyl or cyclic N) is 1. The third kappa shape index (κ3) is 3.12. The van der Waals surface area contributed by atoms with Crippen LogP contribution in [0.15, 0.2) is 30.3 Å². The summed E-state index contributed by atoms with van der Waals surface area (Å²) in [5.41, 5.74) is 1.12. The molecule has 2 amide bonds. The van der Waals surface area contributed by atoms with Crippen molar-refractivity contribution in [2.24, 2.45) is 5.92 Å². The van der Waals surface area contributed by atoms with Gasteiger partial charge in [0.25, 0.3) is 0 Å². The molecule has 0 radical (unpaired) electrons. The number of hydrogen-bond donors (Lipinski definition) is 3. The number of aliphatic hydroxyl groups is 1. The average molecular weight is 262 g/mol. The van der Waals surface area contributed by atoms with Crippen LogP contribution < -0.4 is 10.6 Å². The summed E-state index contributed by atoms with van der Waals surface area (Å²) in [5.74, 6) is -1.64. The van der Waals surface area contributed by atoms with E-state index < -0.39 is 23.8 Å². The zero-order valence-electron chi connectivity index (χ0n) is 10.8. The zero-order valence-corrected chi connectivity index (χ0v) is 10.8. The van der Waals surface area contributed by atoms with Crippen LogP contribution in [0.1, 0.15) is 18.4 Å². The first-order valence-corrected chi connectivity index (χ1v) is 6.38. The molecule has 1 aromatic rings. The second-order valence-electron chi connectivity index (χ2n) is 4.85. The quantitative estimate of drug-likeness (QED) is 0.669. The Morgan fingerprint density at radius 1 is 1.47 bits per heavy atom. The van der Waals surface area contributed by atoms with E-state index in [-0.39, 0.29) is 12.5 Å². The number of hydrogen-bond acceptors (Lipinski definition) is 3. The minimum atomic E-state index is -0.983. The lowest BCUT2D eigenvalue weighted by Crippen LogP contribution is -2.40. The van der Waals surface area contributed by atoms with Crippen molar-refractivity contribution < 1.29 is 14.7 Å². The second-order valence-corrected chi connectivity index (χ2v) is 4.85. The average Bonchev–Trinajstić information content (AvgIpc) is 2.76. The fourth-order valence-electron chi connectivity index (χ4n) is 2.16. The van der Waals surface area contributed by atoms with E-state index in [2.05, 4.69) is 10.6 Å². The molecule has 0 aromatic heterocycles. The molecule has 1 saturated heterocycles. The molecule has 1 heterocycles. The van der Waals surface area contributed by atoms with E-state index in [1.165, 1.54) is 0 Å². The van der Waals surface area contributed by atoms with E-state index in [1.54, 1.807) is 0 Å². The highest BCUT2D eigenvalue weighted by atomic mass is 16.3. The second kappa shape index (κ2) is 5.84. The van der Waals surface area contributed by atoms with Gasteiger partial charge in [-0.25, -0.2) is 0 Å². The highest BCUT2D eigenvalue weighted by molar-refractivity contribution is 6.02. The summed E-state index contributed by atoms with van der Waals surface area (Å²) < 4.78 is 0. The Labute approximate surface area is 112 Å². The Morgan fingerprint density at radius 3 is 2.74 bits per heavy atom. The minimum absolute atomic E-state index is 0.144. The maximum Gasteiger partial charge on any atom is 0.235 e. The summed E-state index contributed by atoms with van der Waals surface area (Å²) in [4.78, 5) is 23.3. The molecule has 0 saturated carbocycles. The molecule has 3 N–H and O–H groups in total. The van der Waals surface area contributed by atoms with E-state index in [0.29, 0.717) is 6.54 Å². The molecule has 1 aliphatic heterocycles. The minimum Gasteiger partial charge on any atom is -0.390 e. The highest BCUT2D eigenvalue weighted by Crippen LogP contribution is 2.15. The Kier molecular flexibility index (Phi) is 4.16. The van der Waals surface area contributed by atoms with Crippen molar-refractivity contribution >= 4 is 11.8 Å². The van der Waals surface area contributed by atoms with Crippen LogP contribution >= 0.6 is 0 Å². The molecule has 1 aromatic carbocycles. The molecule has 0 spiro atoms. The SMILES string of the molecule is CC(CNC(=O)C1C(=O)NCC1O)c1ccccc1. The maximum atomic E-state index is 11.9. The van der Waals surface area contributed by atoms with Crippen molar-refractivity contribution in [1.29, 1.82) is 0 Å². The number of rotatable bonds is 4. The number of benzene rings is 1. The molecule has 0 aliphatic carbocycles. The fraction of sp³-hybridized carbons (Fsp3) is 0.429. The van der Waals surface area contributed by atoms with Gasteiger partial charge in [-0.2, -0.15) is 0 Å². The van der Waals surface area contributed by atoms with Gasteiger partial charge in [-0.05, 0) is 11.5 Å². The van der Waals surface area contributed by atoms with E-state index in [4.69, 9.17) is 0 Å². The van der Waals surface area contributed by atoms with Crippen LogP contribution in [0.5, 0.6) is 0 Å². The molecule has 1 aliphatic rings. The van der Waals surface area contributed by atoms with Crippen LogP contribution in [0.25, 0.3) is 0 Å². The van der Waals surface area contributed by atoms with Crippen LogP contribution in [0.3, 0.4) is 0 Å². The van der Waals surface area contributed by atoms with Gasteiger partial charge in [-0.1, -0.05) is 37.3 Å². The monoisotopic (exact) mass is 262 g/mol. The summed E-state index contributed by atoms with van der Waals surface area (Å²) in [5, 5.41) is 14.8. The smallest absolute Gasteiger partial charge is 0.235 e. The van der Waals surface area contributed by atoms with Gasteiger partial charge in [-0.3, -0.25) is 9.59 Å². The molecule has 0 bridgehead atoms. The molecule has 1 fully saturated rings.